The SMILES string of the molecule is COC(C)(C)CCOC(=O)c1nc(Cl)ccc1Cl. The average Bonchev–Trinajstić information content (AvgIpc) is 2.32. The zero-order valence-corrected chi connectivity index (χ0v) is 12.0. The van der Waals surface area contributed by atoms with E-state index in [0.29, 0.717) is 6.42 Å². The van der Waals surface area contributed by atoms with Gasteiger partial charge in [0.2, 0.25) is 0 Å². The van der Waals surface area contributed by atoms with E-state index in [0.717, 1.165) is 0 Å². The van der Waals surface area contributed by atoms with Crippen LogP contribution < -0.4 is 0 Å². The Kier molecular flexibility index (Phi) is 5.38. The second kappa shape index (κ2) is 6.36. The van der Waals surface area contributed by atoms with Crippen LogP contribution in [0.2, 0.25) is 10.2 Å². The number of ether oxygens (including phenoxy) is 2. The summed E-state index contributed by atoms with van der Waals surface area (Å²) in [6.45, 7) is 4.04. The summed E-state index contributed by atoms with van der Waals surface area (Å²) in [6, 6.07) is 3.02. The van der Waals surface area contributed by atoms with Crippen molar-refractivity contribution >= 4 is 29.2 Å². The summed E-state index contributed by atoms with van der Waals surface area (Å²) in [5, 5.41) is 0.416. The Hall–Kier alpha value is -0.840. The maximum atomic E-state index is 11.7. The molecule has 0 unspecified atom stereocenters. The number of hydrogen-bond donors (Lipinski definition) is 0. The first-order chi connectivity index (χ1) is 8.35. The van der Waals surface area contributed by atoms with Crippen LogP contribution in [0.1, 0.15) is 30.8 Å². The van der Waals surface area contributed by atoms with Gasteiger partial charge >= 0.3 is 5.97 Å². The average molecular weight is 292 g/mol. The third kappa shape index (κ3) is 4.44. The minimum absolute atomic E-state index is 0.0272. The van der Waals surface area contributed by atoms with E-state index in [9.17, 15) is 4.79 Å². The Morgan fingerprint density at radius 3 is 2.67 bits per heavy atom. The summed E-state index contributed by atoms with van der Waals surface area (Å²) in [7, 11) is 1.61. The number of pyridine rings is 1. The van der Waals surface area contributed by atoms with E-state index in [-0.39, 0.29) is 28.1 Å². The van der Waals surface area contributed by atoms with Gasteiger partial charge in [-0.05, 0) is 26.0 Å². The number of nitrogens with zero attached hydrogens (tertiary/aromatic N) is 1. The maximum Gasteiger partial charge on any atom is 0.358 e. The highest BCUT2D eigenvalue weighted by molar-refractivity contribution is 6.34. The van der Waals surface area contributed by atoms with Crippen LogP contribution in [0.5, 0.6) is 0 Å². The molecule has 0 aliphatic rings. The van der Waals surface area contributed by atoms with Crippen LogP contribution in [0.25, 0.3) is 0 Å². The van der Waals surface area contributed by atoms with E-state index >= 15 is 0 Å². The molecule has 0 saturated carbocycles. The molecule has 0 spiro atoms. The summed E-state index contributed by atoms with van der Waals surface area (Å²) in [5.41, 5.74) is -0.314. The number of halogens is 2. The molecule has 0 aliphatic heterocycles. The summed E-state index contributed by atoms with van der Waals surface area (Å²) in [5.74, 6) is -0.589. The first kappa shape index (κ1) is 15.2. The third-order valence-corrected chi connectivity index (χ3v) is 3.01. The lowest BCUT2D eigenvalue weighted by Gasteiger charge is -2.22. The molecule has 1 rings (SSSR count). The van der Waals surface area contributed by atoms with Crippen LogP contribution in [0.15, 0.2) is 12.1 Å². The van der Waals surface area contributed by atoms with Crippen molar-refractivity contribution in [1.82, 2.24) is 4.98 Å². The highest BCUT2D eigenvalue weighted by Gasteiger charge is 2.19. The molecule has 0 amide bonds. The van der Waals surface area contributed by atoms with Crippen LogP contribution >= 0.6 is 23.2 Å². The van der Waals surface area contributed by atoms with Gasteiger partial charge in [-0.1, -0.05) is 23.2 Å². The molecule has 0 fully saturated rings. The monoisotopic (exact) mass is 291 g/mol. The minimum atomic E-state index is -0.589. The Bertz CT molecular complexity index is 435. The fourth-order valence-corrected chi connectivity index (χ4v) is 1.45. The Morgan fingerprint density at radius 2 is 2.06 bits per heavy atom. The van der Waals surface area contributed by atoms with Crippen molar-refractivity contribution in [3.8, 4) is 0 Å². The van der Waals surface area contributed by atoms with E-state index in [4.69, 9.17) is 32.7 Å². The van der Waals surface area contributed by atoms with Crippen molar-refractivity contribution in [3.05, 3.63) is 28.0 Å². The molecule has 0 bridgehead atoms. The summed E-state index contributed by atoms with van der Waals surface area (Å²) in [6.07, 6.45) is 0.577. The molecule has 4 nitrogen and oxygen atoms in total. The van der Waals surface area contributed by atoms with Crippen molar-refractivity contribution in [2.45, 2.75) is 25.9 Å². The number of carbonyl (C=O) groups excluding carboxylic acids is 1. The van der Waals surface area contributed by atoms with Crippen LogP contribution in [0, 0.1) is 0 Å². The number of aromatic nitrogens is 1. The first-order valence-electron chi connectivity index (χ1n) is 5.40. The topological polar surface area (TPSA) is 48.4 Å². The van der Waals surface area contributed by atoms with Crippen molar-refractivity contribution in [1.29, 1.82) is 0 Å². The van der Waals surface area contributed by atoms with Crippen molar-refractivity contribution < 1.29 is 14.3 Å². The van der Waals surface area contributed by atoms with Crippen molar-refractivity contribution in [3.63, 3.8) is 0 Å². The van der Waals surface area contributed by atoms with Crippen LogP contribution in [0.3, 0.4) is 0 Å². The molecule has 0 radical (unpaired) electrons. The number of hydrogen-bond acceptors (Lipinski definition) is 4. The van der Waals surface area contributed by atoms with Gasteiger partial charge in [-0.25, -0.2) is 9.78 Å². The standard InChI is InChI=1S/C12H15Cl2NO3/c1-12(2,17-3)6-7-18-11(16)10-8(13)4-5-9(14)15-10/h4-5H,6-7H2,1-3H3. The quantitative estimate of drug-likeness (QED) is 0.616. The normalized spacial score (nSPS) is 11.4. The fraction of sp³-hybridized carbons (Fsp3) is 0.500. The molecule has 1 aromatic heterocycles. The molecule has 0 aliphatic carbocycles. The Morgan fingerprint density at radius 1 is 1.39 bits per heavy atom. The molecule has 0 aromatic carbocycles. The van der Waals surface area contributed by atoms with Gasteiger partial charge in [0.05, 0.1) is 17.2 Å². The van der Waals surface area contributed by atoms with E-state index in [1.165, 1.54) is 12.1 Å². The Labute approximate surface area is 116 Å². The summed E-state index contributed by atoms with van der Waals surface area (Å²) < 4.78 is 10.3. The van der Waals surface area contributed by atoms with Gasteiger partial charge in [0.15, 0.2) is 5.69 Å². The minimum Gasteiger partial charge on any atom is -0.461 e. The lowest BCUT2D eigenvalue weighted by Crippen LogP contribution is -2.25. The lowest BCUT2D eigenvalue weighted by molar-refractivity contribution is -0.00579. The number of esters is 1. The molecule has 1 aromatic rings. The van der Waals surface area contributed by atoms with E-state index in [1.54, 1.807) is 7.11 Å². The van der Waals surface area contributed by atoms with E-state index in [1.807, 2.05) is 13.8 Å². The van der Waals surface area contributed by atoms with Gasteiger partial charge in [0.25, 0.3) is 0 Å². The van der Waals surface area contributed by atoms with Crippen LogP contribution in [0.4, 0.5) is 0 Å². The van der Waals surface area contributed by atoms with E-state index in [2.05, 4.69) is 4.98 Å². The number of methoxy groups -OCH3 is 1. The molecule has 18 heavy (non-hydrogen) atoms. The number of rotatable bonds is 5. The summed E-state index contributed by atoms with van der Waals surface area (Å²) in [4.78, 5) is 15.6. The largest absolute Gasteiger partial charge is 0.461 e. The van der Waals surface area contributed by atoms with Crippen molar-refractivity contribution in [2.24, 2.45) is 0 Å². The number of carbonyl (C=O) groups is 1. The van der Waals surface area contributed by atoms with Gasteiger partial charge in [-0.2, -0.15) is 0 Å². The summed E-state index contributed by atoms with van der Waals surface area (Å²) >= 11 is 11.5. The smallest absolute Gasteiger partial charge is 0.358 e. The lowest BCUT2D eigenvalue weighted by atomic mass is 10.1. The van der Waals surface area contributed by atoms with Gasteiger partial charge in [0, 0.05) is 13.5 Å². The van der Waals surface area contributed by atoms with Gasteiger partial charge in [-0.3, -0.25) is 0 Å². The maximum absolute atomic E-state index is 11.7. The molecular formula is C12H15Cl2NO3. The zero-order valence-electron chi connectivity index (χ0n) is 10.5. The second-order valence-electron chi connectivity index (χ2n) is 4.31. The van der Waals surface area contributed by atoms with E-state index < -0.39 is 5.97 Å². The fourth-order valence-electron chi connectivity index (χ4n) is 1.12. The molecule has 6 heteroatoms. The van der Waals surface area contributed by atoms with Gasteiger partial charge in [-0.15, -0.1) is 0 Å². The highest BCUT2D eigenvalue weighted by atomic mass is 35.5. The van der Waals surface area contributed by atoms with Crippen LogP contribution in [-0.4, -0.2) is 30.3 Å². The van der Waals surface area contributed by atoms with Crippen LogP contribution in [-0.2, 0) is 9.47 Å². The molecule has 1 heterocycles. The van der Waals surface area contributed by atoms with Gasteiger partial charge < -0.3 is 9.47 Å². The Balaban J connectivity index is 2.58. The zero-order chi connectivity index (χ0) is 13.8. The van der Waals surface area contributed by atoms with Crippen molar-refractivity contribution in [2.75, 3.05) is 13.7 Å². The van der Waals surface area contributed by atoms with Gasteiger partial charge in [0.1, 0.15) is 5.15 Å². The second-order valence-corrected chi connectivity index (χ2v) is 5.11. The molecule has 100 valence electrons. The molecule has 0 saturated heterocycles. The molecular weight excluding hydrogens is 277 g/mol. The molecule has 0 atom stereocenters. The molecule has 0 N–H and O–H groups in total. The first-order valence-corrected chi connectivity index (χ1v) is 6.15. The predicted octanol–water partition coefficient (Wildman–Crippen LogP) is 3.36. The highest BCUT2D eigenvalue weighted by Crippen LogP contribution is 2.18. The predicted molar refractivity (Wildman–Crippen MR) is 70.2 cm³/mol. The third-order valence-electron chi connectivity index (χ3n) is 2.50.